The Kier molecular flexibility index (Phi) is 5.91. The molecule has 0 radical (unpaired) electrons. The molecule has 0 aromatic heterocycles. The van der Waals surface area contributed by atoms with Crippen LogP contribution in [0.5, 0.6) is 11.5 Å². The van der Waals surface area contributed by atoms with Gasteiger partial charge in [0.15, 0.2) is 17.5 Å². The Hall–Kier alpha value is -1.95. The minimum Gasteiger partial charge on any atom is -0.490 e. The largest absolute Gasteiger partial charge is 0.490 e. The monoisotopic (exact) mass is 361 g/mol. The highest BCUT2D eigenvalue weighted by Crippen LogP contribution is 2.50. The number of rotatable bonds is 6. The second-order valence-corrected chi connectivity index (χ2v) is 6.99. The lowest BCUT2D eigenvalue weighted by atomic mass is 9.59. The van der Waals surface area contributed by atoms with Crippen molar-refractivity contribution in [1.29, 1.82) is 0 Å². The first-order chi connectivity index (χ1) is 12.6. The minimum atomic E-state index is 0.0903. The maximum atomic E-state index is 6.20. The molecule has 3 N–H and O–H groups in total. The van der Waals surface area contributed by atoms with Crippen LogP contribution in [0.4, 0.5) is 5.69 Å². The smallest absolute Gasteiger partial charge is 0.193 e. The van der Waals surface area contributed by atoms with Gasteiger partial charge in [-0.3, -0.25) is 0 Å². The molecule has 1 aromatic rings. The van der Waals surface area contributed by atoms with Crippen molar-refractivity contribution in [3.8, 4) is 11.5 Å². The SMILES string of the molecule is CCOC1CC(N=C(N)Nc2ccc3c(c2)OCCCO3)C1(CC)CC. The summed E-state index contributed by atoms with van der Waals surface area (Å²) >= 11 is 0. The van der Waals surface area contributed by atoms with Crippen molar-refractivity contribution in [3.63, 3.8) is 0 Å². The van der Waals surface area contributed by atoms with E-state index in [4.69, 9.17) is 24.9 Å². The minimum absolute atomic E-state index is 0.0903. The van der Waals surface area contributed by atoms with E-state index in [1.165, 1.54) is 0 Å². The van der Waals surface area contributed by atoms with Crippen molar-refractivity contribution in [2.75, 3.05) is 25.1 Å². The van der Waals surface area contributed by atoms with E-state index >= 15 is 0 Å². The Morgan fingerprint density at radius 2 is 1.96 bits per heavy atom. The van der Waals surface area contributed by atoms with Gasteiger partial charge in [-0.2, -0.15) is 0 Å². The zero-order valence-electron chi connectivity index (χ0n) is 16.1. The summed E-state index contributed by atoms with van der Waals surface area (Å²) in [4.78, 5) is 4.77. The number of nitrogens with two attached hydrogens (primary N) is 1. The summed E-state index contributed by atoms with van der Waals surface area (Å²) in [6.45, 7) is 8.56. The first kappa shape index (κ1) is 18.8. The third-order valence-corrected chi connectivity index (χ3v) is 5.74. The van der Waals surface area contributed by atoms with Crippen molar-refractivity contribution < 1.29 is 14.2 Å². The van der Waals surface area contributed by atoms with Crippen LogP contribution in [0.15, 0.2) is 23.2 Å². The average Bonchev–Trinajstić information content (AvgIpc) is 2.87. The second-order valence-electron chi connectivity index (χ2n) is 6.99. The number of anilines is 1. The summed E-state index contributed by atoms with van der Waals surface area (Å²) in [7, 11) is 0. The van der Waals surface area contributed by atoms with E-state index in [1.54, 1.807) is 0 Å². The van der Waals surface area contributed by atoms with Gasteiger partial charge in [-0.25, -0.2) is 4.99 Å². The van der Waals surface area contributed by atoms with E-state index in [1.807, 2.05) is 25.1 Å². The summed E-state index contributed by atoms with van der Waals surface area (Å²) in [5, 5.41) is 3.20. The number of ether oxygens (including phenoxy) is 3. The summed E-state index contributed by atoms with van der Waals surface area (Å²) in [5.74, 6) is 1.96. The molecule has 0 spiro atoms. The van der Waals surface area contributed by atoms with Crippen LogP contribution in [0.1, 0.15) is 46.5 Å². The lowest BCUT2D eigenvalue weighted by molar-refractivity contribution is -0.126. The van der Waals surface area contributed by atoms with Gasteiger partial charge in [0.25, 0.3) is 0 Å². The van der Waals surface area contributed by atoms with E-state index in [-0.39, 0.29) is 17.6 Å². The molecule has 2 atom stereocenters. The van der Waals surface area contributed by atoms with Crippen molar-refractivity contribution in [3.05, 3.63) is 18.2 Å². The van der Waals surface area contributed by atoms with E-state index < -0.39 is 0 Å². The van der Waals surface area contributed by atoms with Gasteiger partial charge in [0.05, 0.1) is 25.4 Å². The summed E-state index contributed by atoms with van der Waals surface area (Å²) < 4.78 is 17.3. The Morgan fingerprint density at radius 1 is 1.23 bits per heavy atom. The van der Waals surface area contributed by atoms with E-state index in [0.29, 0.717) is 19.2 Å². The molecular formula is C20H31N3O3. The number of hydrogen-bond donors (Lipinski definition) is 2. The lowest BCUT2D eigenvalue weighted by Crippen LogP contribution is -2.57. The highest BCUT2D eigenvalue weighted by Gasteiger charge is 2.53. The molecule has 6 heteroatoms. The molecule has 1 aliphatic carbocycles. The molecule has 1 fully saturated rings. The number of fused-ring (bicyclic) bond motifs is 1. The van der Waals surface area contributed by atoms with Gasteiger partial charge in [0.2, 0.25) is 0 Å². The number of nitrogens with zero attached hydrogens (tertiary/aromatic N) is 1. The molecular weight excluding hydrogens is 330 g/mol. The van der Waals surface area contributed by atoms with E-state index in [9.17, 15) is 0 Å². The first-order valence-corrected chi connectivity index (χ1v) is 9.74. The fourth-order valence-electron chi connectivity index (χ4n) is 4.11. The van der Waals surface area contributed by atoms with Gasteiger partial charge in [0.1, 0.15) is 0 Å². The Morgan fingerprint density at radius 3 is 2.65 bits per heavy atom. The Balaban J connectivity index is 1.69. The standard InChI is InChI=1S/C20H31N3O3/c1-4-20(5-2)17(13-18(20)24-6-3)23-19(21)22-14-8-9-15-16(12-14)26-11-7-10-25-15/h8-9,12,17-18H,4-7,10-11,13H2,1-3H3,(H3,21,22,23). The number of guanidine groups is 1. The van der Waals surface area contributed by atoms with Crippen LogP contribution in [0.25, 0.3) is 0 Å². The maximum Gasteiger partial charge on any atom is 0.193 e. The van der Waals surface area contributed by atoms with Gasteiger partial charge in [-0.1, -0.05) is 13.8 Å². The summed E-state index contributed by atoms with van der Waals surface area (Å²) in [6, 6.07) is 5.96. The molecule has 0 saturated heterocycles. The van der Waals surface area contributed by atoms with Crippen molar-refractivity contribution in [2.45, 2.75) is 58.6 Å². The zero-order valence-corrected chi connectivity index (χ0v) is 16.1. The number of aliphatic imine (C=N–C) groups is 1. The van der Waals surface area contributed by atoms with Gasteiger partial charge < -0.3 is 25.3 Å². The van der Waals surface area contributed by atoms with Gasteiger partial charge in [-0.15, -0.1) is 0 Å². The van der Waals surface area contributed by atoms with Crippen molar-refractivity contribution in [2.24, 2.45) is 16.1 Å². The van der Waals surface area contributed by atoms with Crippen molar-refractivity contribution in [1.82, 2.24) is 0 Å². The molecule has 144 valence electrons. The van der Waals surface area contributed by atoms with Crippen LogP contribution in [-0.4, -0.2) is 37.9 Å². The topological polar surface area (TPSA) is 78.1 Å². The zero-order chi connectivity index (χ0) is 18.6. The van der Waals surface area contributed by atoms with Crippen LogP contribution in [-0.2, 0) is 4.74 Å². The fourth-order valence-corrected chi connectivity index (χ4v) is 4.11. The van der Waals surface area contributed by atoms with Crippen LogP contribution >= 0.6 is 0 Å². The van der Waals surface area contributed by atoms with Gasteiger partial charge in [0, 0.05) is 30.2 Å². The average molecular weight is 361 g/mol. The first-order valence-electron chi connectivity index (χ1n) is 9.74. The fraction of sp³-hybridized carbons (Fsp3) is 0.650. The number of benzene rings is 1. The molecule has 1 aromatic carbocycles. The molecule has 0 amide bonds. The summed E-state index contributed by atoms with van der Waals surface area (Å²) in [6.07, 6.45) is 4.18. The van der Waals surface area contributed by atoms with Crippen LogP contribution in [0, 0.1) is 5.41 Å². The molecule has 2 aliphatic rings. The molecule has 2 unspecified atom stereocenters. The van der Waals surface area contributed by atoms with Crippen LogP contribution < -0.4 is 20.5 Å². The maximum absolute atomic E-state index is 6.20. The normalized spacial score (nSPS) is 24.5. The van der Waals surface area contributed by atoms with Crippen LogP contribution in [0.3, 0.4) is 0 Å². The molecule has 1 saturated carbocycles. The predicted molar refractivity (Wildman–Crippen MR) is 104 cm³/mol. The Labute approximate surface area is 156 Å². The Bertz CT molecular complexity index is 643. The van der Waals surface area contributed by atoms with Gasteiger partial charge in [-0.05, 0) is 38.3 Å². The lowest BCUT2D eigenvalue weighted by Gasteiger charge is -2.53. The highest BCUT2D eigenvalue weighted by molar-refractivity contribution is 5.92. The van der Waals surface area contributed by atoms with Crippen LogP contribution in [0.2, 0.25) is 0 Å². The number of nitrogens with one attached hydrogen (secondary N) is 1. The molecule has 26 heavy (non-hydrogen) atoms. The third kappa shape index (κ3) is 3.61. The number of hydrogen-bond acceptors (Lipinski definition) is 4. The highest BCUT2D eigenvalue weighted by atomic mass is 16.5. The third-order valence-electron chi connectivity index (χ3n) is 5.74. The summed E-state index contributed by atoms with van der Waals surface area (Å²) in [5.41, 5.74) is 7.15. The molecule has 0 bridgehead atoms. The van der Waals surface area contributed by atoms with E-state index in [2.05, 4.69) is 19.2 Å². The van der Waals surface area contributed by atoms with Gasteiger partial charge >= 0.3 is 0 Å². The second kappa shape index (κ2) is 8.16. The molecule has 3 rings (SSSR count). The van der Waals surface area contributed by atoms with Crippen molar-refractivity contribution >= 4 is 11.6 Å². The predicted octanol–water partition coefficient (Wildman–Crippen LogP) is 3.56. The molecule has 6 nitrogen and oxygen atoms in total. The molecule has 1 heterocycles. The molecule has 1 aliphatic heterocycles. The quantitative estimate of drug-likeness (QED) is 0.598. The van der Waals surface area contributed by atoms with E-state index in [0.717, 1.165) is 49.5 Å².